The van der Waals surface area contributed by atoms with E-state index in [1.807, 2.05) is 18.7 Å². The van der Waals surface area contributed by atoms with E-state index in [1.54, 1.807) is 0 Å². The van der Waals surface area contributed by atoms with Gasteiger partial charge in [0, 0.05) is 25.2 Å². The van der Waals surface area contributed by atoms with Crippen molar-refractivity contribution in [3.63, 3.8) is 0 Å². The van der Waals surface area contributed by atoms with Crippen molar-refractivity contribution in [3.8, 4) is 0 Å². The van der Waals surface area contributed by atoms with Gasteiger partial charge in [-0.15, -0.1) is 0 Å². The molecule has 2 rings (SSSR count). The van der Waals surface area contributed by atoms with Crippen molar-refractivity contribution < 1.29 is 0 Å². The fourth-order valence-electron chi connectivity index (χ4n) is 2.42. The van der Waals surface area contributed by atoms with Crippen molar-refractivity contribution in [1.29, 1.82) is 0 Å². The number of nitrogens with zero attached hydrogens (tertiary/aromatic N) is 2. The van der Waals surface area contributed by atoms with Crippen LogP contribution in [0.3, 0.4) is 0 Å². The summed E-state index contributed by atoms with van der Waals surface area (Å²) in [5.41, 5.74) is 4.99. The first-order valence-electron chi connectivity index (χ1n) is 6.89. The van der Waals surface area contributed by atoms with Gasteiger partial charge in [-0.05, 0) is 32.0 Å². The van der Waals surface area contributed by atoms with Crippen LogP contribution in [-0.4, -0.2) is 16.3 Å². The van der Waals surface area contributed by atoms with Crippen molar-refractivity contribution in [2.45, 2.75) is 33.2 Å². The summed E-state index contributed by atoms with van der Waals surface area (Å²) >= 11 is 0. The van der Waals surface area contributed by atoms with Gasteiger partial charge in [-0.2, -0.15) is 5.10 Å². The smallest absolute Gasteiger partial charge is 0.0596 e. The second-order valence-electron chi connectivity index (χ2n) is 5.13. The summed E-state index contributed by atoms with van der Waals surface area (Å²) in [5.74, 6) is 0. The summed E-state index contributed by atoms with van der Waals surface area (Å²) in [6, 6.07) is 11.3. The summed E-state index contributed by atoms with van der Waals surface area (Å²) in [6.45, 7) is 7.28. The Kier molecular flexibility index (Phi) is 4.38. The van der Waals surface area contributed by atoms with Crippen molar-refractivity contribution in [2.24, 2.45) is 7.05 Å². The summed E-state index contributed by atoms with van der Waals surface area (Å²) in [6.07, 6.45) is 0.967. The van der Waals surface area contributed by atoms with Gasteiger partial charge in [0.1, 0.15) is 0 Å². The predicted molar refractivity (Wildman–Crippen MR) is 79.2 cm³/mol. The van der Waals surface area contributed by atoms with E-state index in [9.17, 15) is 0 Å². The highest BCUT2D eigenvalue weighted by Crippen LogP contribution is 2.19. The standard InChI is InChI=1S/C16H23N3/c1-5-17-16(14-8-6-12(2)7-9-14)11-15-10-13(3)18-19(15)4/h6-10,16-17H,5,11H2,1-4H3. The number of likely N-dealkylation sites (N-methyl/N-ethyl adjacent to an activating group) is 1. The SMILES string of the molecule is CCNC(Cc1cc(C)nn1C)c1ccc(C)cc1. The van der Waals surface area contributed by atoms with E-state index in [1.165, 1.54) is 16.8 Å². The first-order valence-corrected chi connectivity index (χ1v) is 6.89. The van der Waals surface area contributed by atoms with E-state index < -0.39 is 0 Å². The fraction of sp³-hybridized carbons (Fsp3) is 0.438. The lowest BCUT2D eigenvalue weighted by Crippen LogP contribution is -2.23. The maximum atomic E-state index is 4.42. The third kappa shape index (κ3) is 3.44. The quantitative estimate of drug-likeness (QED) is 0.892. The van der Waals surface area contributed by atoms with Crippen LogP contribution in [0.25, 0.3) is 0 Å². The third-order valence-corrected chi connectivity index (χ3v) is 3.44. The Morgan fingerprint density at radius 1 is 1.21 bits per heavy atom. The first-order chi connectivity index (χ1) is 9.10. The number of hydrogen-bond acceptors (Lipinski definition) is 2. The van der Waals surface area contributed by atoms with E-state index >= 15 is 0 Å². The lowest BCUT2D eigenvalue weighted by atomic mass is 10.0. The zero-order chi connectivity index (χ0) is 13.8. The van der Waals surface area contributed by atoms with Gasteiger partial charge in [0.25, 0.3) is 0 Å². The van der Waals surface area contributed by atoms with Crippen LogP contribution in [0.4, 0.5) is 0 Å². The molecule has 0 radical (unpaired) electrons. The molecule has 0 aliphatic rings. The molecule has 3 heteroatoms. The minimum Gasteiger partial charge on any atom is -0.310 e. The van der Waals surface area contributed by atoms with Gasteiger partial charge in [-0.1, -0.05) is 36.8 Å². The maximum Gasteiger partial charge on any atom is 0.0596 e. The highest BCUT2D eigenvalue weighted by atomic mass is 15.3. The van der Waals surface area contributed by atoms with Crippen LogP contribution in [-0.2, 0) is 13.5 Å². The zero-order valence-electron chi connectivity index (χ0n) is 12.3. The highest BCUT2D eigenvalue weighted by Gasteiger charge is 2.13. The van der Waals surface area contributed by atoms with Gasteiger partial charge in [-0.3, -0.25) is 4.68 Å². The molecule has 1 unspecified atom stereocenters. The fourth-order valence-corrected chi connectivity index (χ4v) is 2.42. The number of rotatable bonds is 5. The van der Waals surface area contributed by atoms with Crippen molar-refractivity contribution in [3.05, 3.63) is 52.8 Å². The second-order valence-corrected chi connectivity index (χ2v) is 5.13. The zero-order valence-corrected chi connectivity index (χ0v) is 12.3. The minimum absolute atomic E-state index is 0.348. The Hall–Kier alpha value is -1.61. The van der Waals surface area contributed by atoms with Crippen LogP contribution in [0.5, 0.6) is 0 Å². The lowest BCUT2D eigenvalue weighted by Gasteiger charge is -2.18. The predicted octanol–water partition coefficient (Wildman–Crippen LogP) is 2.93. The van der Waals surface area contributed by atoms with Crippen LogP contribution >= 0.6 is 0 Å². The van der Waals surface area contributed by atoms with Gasteiger partial charge < -0.3 is 5.32 Å². The van der Waals surface area contributed by atoms with Crippen molar-refractivity contribution >= 4 is 0 Å². The molecule has 1 heterocycles. The number of aryl methyl sites for hydroxylation is 3. The van der Waals surface area contributed by atoms with E-state index in [4.69, 9.17) is 0 Å². The molecule has 102 valence electrons. The van der Waals surface area contributed by atoms with Gasteiger partial charge in [-0.25, -0.2) is 0 Å². The Morgan fingerprint density at radius 3 is 2.42 bits per heavy atom. The number of nitrogens with one attached hydrogen (secondary N) is 1. The maximum absolute atomic E-state index is 4.42. The van der Waals surface area contributed by atoms with Crippen molar-refractivity contribution in [2.75, 3.05) is 6.54 Å². The lowest BCUT2D eigenvalue weighted by molar-refractivity contribution is 0.528. The number of benzene rings is 1. The highest BCUT2D eigenvalue weighted by molar-refractivity contribution is 5.25. The van der Waals surface area contributed by atoms with Crippen molar-refractivity contribution in [1.82, 2.24) is 15.1 Å². The Bertz CT molecular complexity index is 525. The molecule has 0 fully saturated rings. The molecule has 19 heavy (non-hydrogen) atoms. The van der Waals surface area contributed by atoms with Gasteiger partial charge >= 0.3 is 0 Å². The van der Waals surface area contributed by atoms with Gasteiger partial charge in [0.15, 0.2) is 0 Å². The number of hydrogen-bond donors (Lipinski definition) is 1. The van der Waals surface area contributed by atoms with Crippen LogP contribution in [0.2, 0.25) is 0 Å². The molecular formula is C16H23N3. The average Bonchev–Trinajstić information content (AvgIpc) is 2.68. The van der Waals surface area contributed by atoms with Crippen LogP contribution in [0, 0.1) is 13.8 Å². The summed E-state index contributed by atoms with van der Waals surface area (Å²) in [7, 11) is 2.01. The van der Waals surface area contributed by atoms with Crippen LogP contribution < -0.4 is 5.32 Å². The average molecular weight is 257 g/mol. The minimum atomic E-state index is 0.348. The molecule has 1 N–H and O–H groups in total. The molecule has 0 spiro atoms. The first kappa shape index (κ1) is 13.8. The molecule has 0 aliphatic heterocycles. The molecule has 0 saturated heterocycles. The summed E-state index contributed by atoms with van der Waals surface area (Å²) in [5, 5.41) is 7.98. The normalized spacial score (nSPS) is 12.6. The molecule has 0 aliphatic carbocycles. The Balaban J connectivity index is 2.20. The molecule has 1 atom stereocenters. The molecule has 3 nitrogen and oxygen atoms in total. The third-order valence-electron chi connectivity index (χ3n) is 3.44. The summed E-state index contributed by atoms with van der Waals surface area (Å²) in [4.78, 5) is 0. The second kappa shape index (κ2) is 6.02. The molecular weight excluding hydrogens is 234 g/mol. The Labute approximate surface area is 115 Å². The summed E-state index contributed by atoms with van der Waals surface area (Å²) < 4.78 is 1.98. The van der Waals surface area contributed by atoms with Gasteiger partial charge in [0.05, 0.1) is 5.69 Å². The van der Waals surface area contributed by atoms with E-state index in [0.29, 0.717) is 6.04 Å². The molecule has 1 aromatic carbocycles. The molecule has 0 amide bonds. The van der Waals surface area contributed by atoms with E-state index in [0.717, 1.165) is 18.7 Å². The van der Waals surface area contributed by atoms with Crippen LogP contribution in [0.1, 0.15) is 35.5 Å². The van der Waals surface area contributed by atoms with Crippen LogP contribution in [0.15, 0.2) is 30.3 Å². The molecule has 0 bridgehead atoms. The molecule has 2 aromatic rings. The largest absolute Gasteiger partial charge is 0.310 e. The number of aromatic nitrogens is 2. The monoisotopic (exact) mass is 257 g/mol. The topological polar surface area (TPSA) is 29.9 Å². The van der Waals surface area contributed by atoms with Gasteiger partial charge in [0.2, 0.25) is 0 Å². The Morgan fingerprint density at radius 2 is 1.89 bits per heavy atom. The van der Waals surface area contributed by atoms with E-state index in [-0.39, 0.29) is 0 Å². The van der Waals surface area contributed by atoms with E-state index in [2.05, 4.69) is 54.6 Å². The molecule has 1 aromatic heterocycles. The molecule has 0 saturated carbocycles.